The largest absolute Gasteiger partial charge is 0.476 e. The summed E-state index contributed by atoms with van der Waals surface area (Å²) in [5, 5.41) is 2.99. The molecule has 0 saturated carbocycles. The average molecular weight is 312 g/mol. The number of aromatic nitrogens is 2. The van der Waals surface area contributed by atoms with Crippen LogP contribution in [0.15, 0.2) is 23.0 Å². The molecule has 4 nitrogen and oxygen atoms in total. The molecule has 1 aliphatic rings. The highest BCUT2D eigenvalue weighted by atomic mass is 79.9. The fourth-order valence-electron chi connectivity index (χ4n) is 2.05. The van der Waals surface area contributed by atoms with Crippen molar-refractivity contribution in [3.63, 3.8) is 0 Å². The second kappa shape index (κ2) is 6.18. The lowest BCUT2D eigenvalue weighted by Gasteiger charge is -2.25. The normalized spacial score (nSPS) is 22.8. The Morgan fingerprint density at radius 1 is 1.39 bits per heavy atom. The van der Waals surface area contributed by atoms with Crippen LogP contribution in [0.2, 0.25) is 0 Å². The third-order valence-corrected chi connectivity index (χ3v) is 4.06. The molecule has 0 radical (unpaired) electrons. The first-order valence-electron chi connectivity index (χ1n) is 6.18. The van der Waals surface area contributed by atoms with Crippen LogP contribution in [0.1, 0.15) is 19.8 Å². The van der Waals surface area contributed by atoms with Gasteiger partial charge < -0.3 is 10.1 Å². The molecule has 0 amide bonds. The van der Waals surface area contributed by atoms with E-state index in [1.807, 2.05) is 7.05 Å². The van der Waals surface area contributed by atoms with Crippen molar-refractivity contribution in [3.8, 4) is 5.88 Å². The quantitative estimate of drug-likeness (QED) is 0.867. The number of hydrogen-bond donors (Lipinski definition) is 1. The van der Waals surface area contributed by atoms with Crippen LogP contribution in [-0.4, -0.2) is 23.6 Å². The summed E-state index contributed by atoms with van der Waals surface area (Å²) in [4.78, 5) is 8.26. The lowest BCUT2D eigenvalue weighted by atomic mass is 9.85. The van der Waals surface area contributed by atoms with Gasteiger partial charge >= 0.3 is 0 Å². The van der Waals surface area contributed by atoms with Crippen LogP contribution in [0, 0.1) is 11.8 Å². The first kappa shape index (κ1) is 13.3. The Hall–Kier alpha value is -1.10. The van der Waals surface area contributed by atoms with Crippen molar-refractivity contribution in [3.05, 3.63) is 23.0 Å². The molecular weight excluding hydrogens is 294 g/mol. The highest BCUT2D eigenvalue weighted by molar-refractivity contribution is 9.10. The molecule has 1 N–H and O–H groups in total. The van der Waals surface area contributed by atoms with E-state index in [-0.39, 0.29) is 0 Å². The van der Waals surface area contributed by atoms with Gasteiger partial charge in [-0.05, 0) is 40.6 Å². The molecule has 1 aromatic rings. The zero-order valence-corrected chi connectivity index (χ0v) is 12.3. The van der Waals surface area contributed by atoms with Crippen molar-refractivity contribution >= 4 is 21.7 Å². The molecule has 1 aromatic heterocycles. The third-order valence-electron chi connectivity index (χ3n) is 3.35. The number of rotatable bonds is 4. The second-order valence-corrected chi connectivity index (χ2v) is 5.38. The zero-order chi connectivity index (χ0) is 13.0. The van der Waals surface area contributed by atoms with Crippen LogP contribution in [0.4, 0.5) is 5.82 Å². The van der Waals surface area contributed by atoms with E-state index in [9.17, 15) is 0 Å². The van der Waals surface area contributed by atoms with Gasteiger partial charge in [0.1, 0.15) is 16.6 Å². The Bertz CT molecular complexity index is 436. The molecule has 0 fully saturated rings. The number of hydrogen-bond acceptors (Lipinski definition) is 4. The first-order chi connectivity index (χ1) is 8.72. The minimum atomic E-state index is 0.565. The van der Waals surface area contributed by atoms with Crippen LogP contribution in [-0.2, 0) is 0 Å². The fraction of sp³-hybridized carbons (Fsp3) is 0.538. The molecule has 1 heterocycles. The van der Waals surface area contributed by atoms with Crippen LogP contribution in [0.5, 0.6) is 5.88 Å². The summed E-state index contributed by atoms with van der Waals surface area (Å²) in [5.41, 5.74) is 0. The number of ether oxygens (including phenoxy) is 1. The molecule has 1 aliphatic carbocycles. The number of halogens is 1. The Kier molecular flexibility index (Phi) is 4.58. The Morgan fingerprint density at radius 3 is 2.89 bits per heavy atom. The molecule has 5 heteroatoms. The van der Waals surface area contributed by atoms with Crippen molar-refractivity contribution in [2.24, 2.45) is 11.8 Å². The summed E-state index contributed by atoms with van der Waals surface area (Å²) in [5.74, 6) is 2.59. The van der Waals surface area contributed by atoms with Gasteiger partial charge in [0, 0.05) is 7.05 Å². The minimum absolute atomic E-state index is 0.565. The molecule has 2 unspecified atom stereocenters. The molecule has 0 aromatic carbocycles. The van der Waals surface area contributed by atoms with E-state index < -0.39 is 0 Å². The van der Waals surface area contributed by atoms with E-state index in [0.29, 0.717) is 24.3 Å². The highest BCUT2D eigenvalue weighted by Crippen LogP contribution is 2.30. The molecule has 98 valence electrons. The smallest absolute Gasteiger partial charge is 0.233 e. The van der Waals surface area contributed by atoms with Gasteiger partial charge in [-0.2, -0.15) is 0 Å². The number of anilines is 1. The van der Waals surface area contributed by atoms with Gasteiger partial charge in [-0.3, -0.25) is 0 Å². The van der Waals surface area contributed by atoms with Gasteiger partial charge in [-0.1, -0.05) is 19.1 Å². The molecule has 0 aliphatic heterocycles. The van der Waals surface area contributed by atoms with Crippen LogP contribution >= 0.6 is 15.9 Å². The summed E-state index contributed by atoms with van der Waals surface area (Å²) in [6.45, 7) is 2.97. The lowest BCUT2D eigenvalue weighted by Crippen LogP contribution is -2.21. The predicted octanol–water partition coefficient (Wildman–Crippen LogP) is 3.26. The minimum Gasteiger partial charge on any atom is -0.476 e. The first-order valence-corrected chi connectivity index (χ1v) is 6.97. The van der Waals surface area contributed by atoms with Crippen LogP contribution in [0.25, 0.3) is 0 Å². The van der Waals surface area contributed by atoms with E-state index >= 15 is 0 Å². The van der Waals surface area contributed by atoms with Gasteiger partial charge in [-0.15, -0.1) is 0 Å². The van der Waals surface area contributed by atoms with Crippen molar-refractivity contribution in [1.82, 2.24) is 9.97 Å². The maximum Gasteiger partial charge on any atom is 0.233 e. The number of nitrogens with one attached hydrogen (secondary N) is 1. The summed E-state index contributed by atoms with van der Waals surface area (Å²) in [7, 11) is 1.82. The average Bonchev–Trinajstić information content (AvgIpc) is 2.39. The van der Waals surface area contributed by atoms with Gasteiger partial charge in [0.15, 0.2) is 0 Å². The van der Waals surface area contributed by atoms with Gasteiger partial charge in [0.05, 0.1) is 6.61 Å². The summed E-state index contributed by atoms with van der Waals surface area (Å²) in [6.07, 6.45) is 8.22. The van der Waals surface area contributed by atoms with Gasteiger partial charge in [-0.25, -0.2) is 9.97 Å². The summed E-state index contributed by atoms with van der Waals surface area (Å²) < 4.78 is 6.60. The lowest BCUT2D eigenvalue weighted by molar-refractivity contribution is 0.191. The van der Waals surface area contributed by atoms with Crippen molar-refractivity contribution < 1.29 is 4.74 Å². The van der Waals surface area contributed by atoms with Crippen molar-refractivity contribution in [2.45, 2.75) is 19.8 Å². The van der Waals surface area contributed by atoms with E-state index in [1.165, 1.54) is 6.33 Å². The molecule has 0 bridgehead atoms. The van der Waals surface area contributed by atoms with Crippen molar-refractivity contribution in [2.75, 3.05) is 19.0 Å². The van der Waals surface area contributed by atoms with E-state index in [0.717, 1.165) is 23.1 Å². The van der Waals surface area contributed by atoms with E-state index in [1.54, 1.807) is 0 Å². The Balaban J connectivity index is 2.00. The Morgan fingerprint density at radius 2 is 2.17 bits per heavy atom. The topological polar surface area (TPSA) is 47.0 Å². The van der Waals surface area contributed by atoms with Gasteiger partial charge in [0.2, 0.25) is 5.88 Å². The summed E-state index contributed by atoms with van der Waals surface area (Å²) >= 11 is 3.46. The molecule has 0 spiro atoms. The zero-order valence-electron chi connectivity index (χ0n) is 10.7. The molecule has 2 rings (SSSR count). The summed E-state index contributed by atoms with van der Waals surface area (Å²) in [6, 6.07) is 0. The molecule has 18 heavy (non-hydrogen) atoms. The Labute approximate surface area is 116 Å². The van der Waals surface area contributed by atoms with Crippen molar-refractivity contribution in [1.29, 1.82) is 0 Å². The monoisotopic (exact) mass is 311 g/mol. The predicted molar refractivity (Wildman–Crippen MR) is 75.8 cm³/mol. The number of allylic oxidation sites excluding steroid dienone is 2. The maximum atomic E-state index is 5.82. The standard InChI is InChI=1S/C13H18BrN3O/c1-9-5-3-4-6-10(9)7-18-13-11(14)12(15-2)16-8-17-13/h3-4,8-10H,5-7H2,1-2H3,(H,15,16,17). The maximum absolute atomic E-state index is 5.82. The highest BCUT2D eigenvalue weighted by Gasteiger charge is 2.20. The van der Waals surface area contributed by atoms with E-state index in [2.05, 4.69) is 50.3 Å². The number of nitrogens with zero attached hydrogens (tertiary/aromatic N) is 2. The van der Waals surface area contributed by atoms with Crippen LogP contribution < -0.4 is 10.1 Å². The van der Waals surface area contributed by atoms with Crippen LogP contribution in [0.3, 0.4) is 0 Å². The SMILES string of the molecule is CNc1ncnc(OCC2CC=CCC2C)c1Br. The van der Waals surface area contributed by atoms with Gasteiger partial charge in [0.25, 0.3) is 0 Å². The molecular formula is C13H18BrN3O. The van der Waals surface area contributed by atoms with E-state index in [4.69, 9.17) is 4.74 Å². The second-order valence-electron chi connectivity index (χ2n) is 4.58. The third kappa shape index (κ3) is 3.02. The molecule has 0 saturated heterocycles. The fourth-order valence-corrected chi connectivity index (χ4v) is 2.57. The molecule has 2 atom stereocenters.